The van der Waals surface area contributed by atoms with Crippen LogP contribution in [0.3, 0.4) is 0 Å². The zero-order chi connectivity index (χ0) is 12.5. The summed E-state index contributed by atoms with van der Waals surface area (Å²) in [5, 5.41) is 0. The molecule has 18 heavy (non-hydrogen) atoms. The van der Waals surface area contributed by atoms with Gasteiger partial charge in [-0.1, -0.05) is 36.4 Å². The van der Waals surface area contributed by atoms with Crippen molar-refractivity contribution in [2.75, 3.05) is 0 Å². The molecule has 92 valence electrons. The number of benzene rings is 1. The first-order valence-corrected chi connectivity index (χ1v) is 6.59. The lowest BCUT2D eigenvalue weighted by Gasteiger charge is -2.07. The van der Waals surface area contributed by atoms with Crippen molar-refractivity contribution < 1.29 is 4.42 Å². The van der Waals surface area contributed by atoms with E-state index >= 15 is 0 Å². The molecule has 0 fully saturated rings. The highest BCUT2D eigenvalue weighted by Crippen LogP contribution is 2.36. The van der Waals surface area contributed by atoms with Crippen LogP contribution in [-0.2, 0) is 12.8 Å². The van der Waals surface area contributed by atoms with Crippen molar-refractivity contribution in [2.45, 2.75) is 33.1 Å². The number of aryl methyl sites for hydroxylation is 2. The molecule has 2 aromatic rings. The van der Waals surface area contributed by atoms with Crippen molar-refractivity contribution in [3.05, 3.63) is 59.1 Å². The molecule has 1 aliphatic rings. The average molecular weight is 238 g/mol. The van der Waals surface area contributed by atoms with Crippen molar-refractivity contribution in [1.29, 1.82) is 0 Å². The van der Waals surface area contributed by atoms with E-state index in [2.05, 4.69) is 50.3 Å². The van der Waals surface area contributed by atoms with Gasteiger partial charge in [-0.15, -0.1) is 0 Å². The van der Waals surface area contributed by atoms with E-state index in [1.165, 1.54) is 22.3 Å². The lowest BCUT2D eigenvalue weighted by Crippen LogP contribution is -1.91. The highest BCUT2D eigenvalue weighted by Gasteiger charge is 2.19. The second-order valence-electron chi connectivity index (χ2n) is 4.96. The summed E-state index contributed by atoms with van der Waals surface area (Å²) in [5.41, 5.74) is 5.38. The Morgan fingerprint density at radius 1 is 1.06 bits per heavy atom. The zero-order valence-corrected chi connectivity index (χ0v) is 11.0. The van der Waals surface area contributed by atoms with Gasteiger partial charge in [0.15, 0.2) is 0 Å². The fourth-order valence-electron chi connectivity index (χ4n) is 2.82. The second kappa shape index (κ2) is 4.49. The van der Waals surface area contributed by atoms with Crippen molar-refractivity contribution >= 4 is 0 Å². The van der Waals surface area contributed by atoms with Crippen LogP contribution in [0.25, 0.3) is 11.1 Å². The average Bonchev–Trinajstić information content (AvgIpc) is 2.53. The Kier molecular flexibility index (Phi) is 2.83. The predicted octanol–water partition coefficient (Wildman–Crippen LogP) is 4.61. The number of rotatable bonds is 1. The summed E-state index contributed by atoms with van der Waals surface area (Å²) >= 11 is 0. The zero-order valence-electron chi connectivity index (χ0n) is 11.0. The van der Waals surface area contributed by atoms with Crippen LogP contribution in [0, 0.1) is 13.8 Å². The van der Waals surface area contributed by atoms with Crippen LogP contribution in [0.15, 0.2) is 40.8 Å². The number of hydrogen-bond acceptors (Lipinski definition) is 1. The van der Waals surface area contributed by atoms with Crippen LogP contribution in [0.1, 0.15) is 29.1 Å². The molecule has 1 heteroatoms. The van der Waals surface area contributed by atoms with E-state index in [4.69, 9.17) is 4.42 Å². The summed E-state index contributed by atoms with van der Waals surface area (Å²) in [5.74, 6) is 2.21. The van der Waals surface area contributed by atoms with Crippen LogP contribution in [-0.4, -0.2) is 0 Å². The van der Waals surface area contributed by atoms with E-state index in [0.717, 1.165) is 30.8 Å². The van der Waals surface area contributed by atoms with Gasteiger partial charge < -0.3 is 4.42 Å². The fourth-order valence-corrected chi connectivity index (χ4v) is 2.82. The molecule has 0 saturated carbocycles. The van der Waals surface area contributed by atoms with E-state index in [-0.39, 0.29) is 0 Å². The molecule has 1 nitrogen and oxygen atoms in total. The molecule has 0 N–H and O–H groups in total. The molecule has 3 rings (SSSR count). The molecule has 1 aromatic carbocycles. The number of hydrogen-bond donors (Lipinski definition) is 0. The number of furan rings is 1. The third-order valence-corrected chi connectivity index (χ3v) is 3.71. The van der Waals surface area contributed by atoms with E-state index < -0.39 is 0 Å². The molecular weight excluding hydrogens is 220 g/mol. The Balaban J connectivity index is 2.19. The van der Waals surface area contributed by atoms with Crippen LogP contribution in [0.4, 0.5) is 0 Å². The van der Waals surface area contributed by atoms with E-state index in [1.807, 2.05) is 0 Å². The van der Waals surface area contributed by atoms with Crippen LogP contribution >= 0.6 is 0 Å². The van der Waals surface area contributed by atoms with Gasteiger partial charge in [-0.05, 0) is 37.8 Å². The van der Waals surface area contributed by atoms with Crippen LogP contribution in [0.5, 0.6) is 0 Å². The predicted molar refractivity (Wildman–Crippen MR) is 74.8 cm³/mol. The monoisotopic (exact) mass is 238 g/mol. The maximum atomic E-state index is 5.98. The minimum atomic E-state index is 0.933. The first-order chi connectivity index (χ1) is 8.77. The molecular formula is C17H18O. The highest BCUT2D eigenvalue weighted by atomic mass is 16.3. The SMILES string of the molecule is Cc1ccccc1-c1c(C)oc2c1CCC=CC2. The molecule has 1 aromatic heterocycles. The van der Waals surface area contributed by atoms with Gasteiger partial charge in [-0.3, -0.25) is 0 Å². The Morgan fingerprint density at radius 2 is 1.89 bits per heavy atom. The van der Waals surface area contributed by atoms with Gasteiger partial charge in [-0.25, -0.2) is 0 Å². The summed E-state index contributed by atoms with van der Waals surface area (Å²) in [6.45, 7) is 4.25. The van der Waals surface area contributed by atoms with Crippen molar-refractivity contribution in [2.24, 2.45) is 0 Å². The highest BCUT2D eigenvalue weighted by molar-refractivity contribution is 5.73. The molecule has 1 aliphatic carbocycles. The van der Waals surface area contributed by atoms with Gasteiger partial charge in [0, 0.05) is 17.5 Å². The second-order valence-corrected chi connectivity index (χ2v) is 4.96. The topological polar surface area (TPSA) is 13.1 Å². The third kappa shape index (κ3) is 1.80. The summed E-state index contributed by atoms with van der Waals surface area (Å²) in [6.07, 6.45) is 7.61. The summed E-state index contributed by atoms with van der Waals surface area (Å²) in [6, 6.07) is 8.57. The maximum Gasteiger partial charge on any atom is 0.111 e. The Morgan fingerprint density at radius 3 is 2.72 bits per heavy atom. The molecule has 0 bridgehead atoms. The molecule has 0 amide bonds. The Bertz CT molecular complexity index is 602. The first kappa shape index (κ1) is 11.3. The Labute approximate surface area is 108 Å². The smallest absolute Gasteiger partial charge is 0.111 e. The molecule has 0 unspecified atom stereocenters. The first-order valence-electron chi connectivity index (χ1n) is 6.59. The molecule has 0 radical (unpaired) electrons. The molecule has 0 saturated heterocycles. The molecule has 0 aliphatic heterocycles. The van der Waals surface area contributed by atoms with E-state index in [1.54, 1.807) is 0 Å². The largest absolute Gasteiger partial charge is 0.465 e. The van der Waals surface area contributed by atoms with E-state index in [0.29, 0.717) is 0 Å². The van der Waals surface area contributed by atoms with Gasteiger partial charge in [0.25, 0.3) is 0 Å². The van der Waals surface area contributed by atoms with Crippen LogP contribution < -0.4 is 0 Å². The van der Waals surface area contributed by atoms with Crippen molar-refractivity contribution in [3.63, 3.8) is 0 Å². The van der Waals surface area contributed by atoms with Crippen molar-refractivity contribution in [3.8, 4) is 11.1 Å². The van der Waals surface area contributed by atoms with E-state index in [9.17, 15) is 0 Å². The fraction of sp³-hybridized carbons (Fsp3) is 0.294. The molecule has 1 heterocycles. The van der Waals surface area contributed by atoms with Gasteiger partial charge in [0.1, 0.15) is 11.5 Å². The quantitative estimate of drug-likeness (QED) is 0.661. The number of fused-ring (bicyclic) bond motifs is 1. The number of allylic oxidation sites excluding steroid dienone is 2. The minimum absolute atomic E-state index is 0.933. The Hall–Kier alpha value is -1.76. The minimum Gasteiger partial charge on any atom is -0.465 e. The van der Waals surface area contributed by atoms with Crippen molar-refractivity contribution in [1.82, 2.24) is 0 Å². The van der Waals surface area contributed by atoms with Gasteiger partial charge in [0.05, 0.1) is 0 Å². The van der Waals surface area contributed by atoms with Gasteiger partial charge in [0.2, 0.25) is 0 Å². The summed E-state index contributed by atoms with van der Waals surface area (Å²) in [4.78, 5) is 0. The lowest BCUT2D eigenvalue weighted by atomic mass is 9.94. The third-order valence-electron chi connectivity index (χ3n) is 3.71. The van der Waals surface area contributed by atoms with Crippen LogP contribution in [0.2, 0.25) is 0 Å². The normalized spacial score (nSPS) is 14.3. The maximum absolute atomic E-state index is 5.98. The summed E-state index contributed by atoms with van der Waals surface area (Å²) < 4.78 is 5.98. The van der Waals surface area contributed by atoms with Gasteiger partial charge >= 0.3 is 0 Å². The summed E-state index contributed by atoms with van der Waals surface area (Å²) in [7, 11) is 0. The van der Waals surface area contributed by atoms with Gasteiger partial charge in [-0.2, -0.15) is 0 Å². The molecule has 0 atom stereocenters. The molecule has 0 spiro atoms. The standard InChI is InChI=1S/C17H18O/c1-12-8-6-7-9-14(12)17-13(2)18-16-11-5-3-4-10-15(16)17/h3,5-9H,4,10-11H2,1-2H3. The lowest BCUT2D eigenvalue weighted by molar-refractivity contribution is 0.493.